The van der Waals surface area contributed by atoms with Crippen LogP contribution in [0.3, 0.4) is 0 Å². The molecule has 184 valence electrons. The zero-order valence-electron chi connectivity index (χ0n) is 19.7. The summed E-state index contributed by atoms with van der Waals surface area (Å²) < 4.78 is 38.7. The van der Waals surface area contributed by atoms with Gasteiger partial charge in [0.15, 0.2) is 0 Å². The Kier molecular flexibility index (Phi) is 8.41. The molecular formula is C24H30F2N4O4. The number of halogens is 2. The molecule has 0 saturated heterocycles. The van der Waals surface area contributed by atoms with E-state index in [1.807, 2.05) is 6.92 Å². The molecule has 0 radical (unpaired) electrons. The minimum Gasteiger partial charge on any atom is -0.491 e. The molecule has 2 aromatic carbocycles. The smallest absolute Gasteiger partial charge is 0.323 e. The Morgan fingerprint density at radius 1 is 1.18 bits per heavy atom. The normalized spacial score (nSPS) is 21.5. The van der Waals surface area contributed by atoms with Gasteiger partial charge >= 0.3 is 6.03 Å². The highest BCUT2D eigenvalue weighted by Crippen LogP contribution is 2.26. The Balaban J connectivity index is 1.82. The number of anilines is 2. The van der Waals surface area contributed by atoms with E-state index in [0.29, 0.717) is 36.7 Å². The summed E-state index contributed by atoms with van der Waals surface area (Å²) in [6.07, 6.45) is -0.148. The maximum atomic E-state index is 13.8. The van der Waals surface area contributed by atoms with Crippen molar-refractivity contribution in [2.45, 2.75) is 26.0 Å². The first-order chi connectivity index (χ1) is 16.2. The lowest BCUT2D eigenvalue weighted by atomic mass is 10.0. The van der Waals surface area contributed by atoms with E-state index >= 15 is 0 Å². The number of urea groups is 1. The van der Waals surface area contributed by atoms with Crippen molar-refractivity contribution < 1.29 is 27.8 Å². The first-order valence-corrected chi connectivity index (χ1v) is 11.0. The predicted octanol–water partition coefficient (Wildman–Crippen LogP) is 3.70. The largest absolute Gasteiger partial charge is 0.491 e. The number of hydrogen-bond donors (Lipinski definition) is 3. The molecule has 10 heteroatoms. The van der Waals surface area contributed by atoms with Crippen molar-refractivity contribution in [3.63, 3.8) is 0 Å². The number of rotatable bonds is 3. The summed E-state index contributed by atoms with van der Waals surface area (Å²) in [6.45, 7) is 5.41. The van der Waals surface area contributed by atoms with E-state index in [2.05, 4.69) is 22.9 Å². The average Bonchev–Trinajstić information content (AvgIpc) is 2.80. The van der Waals surface area contributed by atoms with Gasteiger partial charge in [-0.1, -0.05) is 6.92 Å². The molecule has 0 bridgehead atoms. The third-order valence-electron chi connectivity index (χ3n) is 5.66. The van der Waals surface area contributed by atoms with E-state index in [-0.39, 0.29) is 29.7 Å². The molecule has 3 rings (SSSR count). The van der Waals surface area contributed by atoms with Crippen LogP contribution in [0.25, 0.3) is 0 Å². The summed E-state index contributed by atoms with van der Waals surface area (Å²) in [6, 6.07) is 6.61. The Hall–Kier alpha value is -3.24. The molecule has 0 unspecified atom stereocenters. The van der Waals surface area contributed by atoms with Crippen LogP contribution in [0.15, 0.2) is 36.4 Å². The highest BCUT2D eigenvalue weighted by atomic mass is 19.1. The van der Waals surface area contributed by atoms with Crippen molar-refractivity contribution in [2.75, 3.05) is 44.5 Å². The second-order valence-corrected chi connectivity index (χ2v) is 8.47. The Labute approximate surface area is 197 Å². The molecule has 0 spiro atoms. The maximum Gasteiger partial charge on any atom is 0.323 e. The number of benzene rings is 2. The molecule has 3 amide bonds. The first kappa shape index (κ1) is 25.4. The van der Waals surface area contributed by atoms with Gasteiger partial charge in [0.05, 0.1) is 17.4 Å². The maximum absolute atomic E-state index is 13.8. The second-order valence-electron chi connectivity index (χ2n) is 8.47. The quantitative estimate of drug-likeness (QED) is 0.628. The number of nitrogens with zero attached hydrogens (tertiary/aromatic N) is 1. The van der Waals surface area contributed by atoms with Crippen molar-refractivity contribution >= 4 is 23.3 Å². The van der Waals surface area contributed by atoms with Gasteiger partial charge in [-0.15, -0.1) is 0 Å². The van der Waals surface area contributed by atoms with Crippen LogP contribution in [0, 0.1) is 17.6 Å². The molecular weight excluding hydrogens is 446 g/mol. The van der Waals surface area contributed by atoms with E-state index in [1.165, 1.54) is 6.07 Å². The minimum atomic E-state index is -0.770. The molecule has 34 heavy (non-hydrogen) atoms. The van der Waals surface area contributed by atoms with Gasteiger partial charge in [0.25, 0.3) is 5.91 Å². The van der Waals surface area contributed by atoms with Crippen molar-refractivity contribution in [3.05, 3.63) is 53.6 Å². The van der Waals surface area contributed by atoms with Crippen LogP contribution in [-0.4, -0.2) is 62.8 Å². The van der Waals surface area contributed by atoms with Gasteiger partial charge in [-0.25, -0.2) is 13.6 Å². The SMILES string of the molecule is CO[C@@H]1CN(C)C(=O)c2ccc(NC(=O)Nc3cc(F)ccc3F)cc2OC[C@H](C)NC[C@H]1C. The summed E-state index contributed by atoms with van der Waals surface area (Å²) >= 11 is 0. The van der Waals surface area contributed by atoms with Gasteiger partial charge in [-0.2, -0.15) is 0 Å². The second kappa shape index (κ2) is 11.3. The molecule has 0 aromatic heterocycles. The Morgan fingerprint density at radius 3 is 2.68 bits per heavy atom. The summed E-state index contributed by atoms with van der Waals surface area (Å²) in [7, 11) is 3.32. The monoisotopic (exact) mass is 476 g/mol. The number of nitrogens with one attached hydrogen (secondary N) is 3. The van der Waals surface area contributed by atoms with Crippen LogP contribution in [0.4, 0.5) is 25.0 Å². The molecule has 3 atom stereocenters. The van der Waals surface area contributed by atoms with Gasteiger partial charge in [0.1, 0.15) is 24.0 Å². The number of carbonyl (C=O) groups is 2. The topological polar surface area (TPSA) is 91.9 Å². The number of likely N-dealkylation sites (N-methyl/N-ethyl adjacent to an activating group) is 1. The Morgan fingerprint density at radius 2 is 1.94 bits per heavy atom. The number of amides is 3. The number of ether oxygens (including phenoxy) is 2. The zero-order chi connectivity index (χ0) is 24.8. The van der Waals surface area contributed by atoms with Crippen molar-refractivity contribution in [3.8, 4) is 5.75 Å². The lowest BCUT2D eigenvalue weighted by Gasteiger charge is -2.30. The fraction of sp³-hybridized carbons (Fsp3) is 0.417. The number of methoxy groups -OCH3 is 1. The van der Waals surface area contributed by atoms with Crippen molar-refractivity contribution in [1.82, 2.24) is 10.2 Å². The van der Waals surface area contributed by atoms with Crippen LogP contribution < -0.4 is 20.7 Å². The molecule has 0 aliphatic carbocycles. The molecule has 0 fully saturated rings. The first-order valence-electron chi connectivity index (χ1n) is 11.0. The molecule has 2 aromatic rings. The van der Waals surface area contributed by atoms with E-state index in [4.69, 9.17) is 9.47 Å². The van der Waals surface area contributed by atoms with Crippen molar-refractivity contribution in [1.29, 1.82) is 0 Å². The van der Waals surface area contributed by atoms with Gasteiger partial charge in [0, 0.05) is 51.1 Å². The standard InChI is InChI=1S/C24H30F2N4O4/c1-14-11-27-15(2)13-34-21-10-17(6-7-18(21)23(31)30(3)12-22(14)33-4)28-24(32)29-20-9-16(25)5-8-19(20)26/h5-10,14-15,22,27H,11-13H2,1-4H3,(H2,28,29,32)/t14-,15+,22-/m1/s1. The van der Waals surface area contributed by atoms with Crippen LogP contribution in [0.1, 0.15) is 24.2 Å². The minimum absolute atomic E-state index is 0.00377. The molecule has 0 saturated carbocycles. The highest BCUT2D eigenvalue weighted by Gasteiger charge is 2.25. The molecule has 1 heterocycles. The highest BCUT2D eigenvalue weighted by molar-refractivity contribution is 6.01. The summed E-state index contributed by atoms with van der Waals surface area (Å²) in [5.74, 6) is -1.22. The number of hydrogen-bond acceptors (Lipinski definition) is 5. The third-order valence-corrected chi connectivity index (χ3v) is 5.66. The molecule has 8 nitrogen and oxygen atoms in total. The lowest BCUT2D eigenvalue weighted by molar-refractivity contribution is 0.0281. The van der Waals surface area contributed by atoms with Gasteiger partial charge < -0.3 is 30.3 Å². The lowest BCUT2D eigenvalue weighted by Crippen LogP contribution is -2.44. The number of fused-ring (bicyclic) bond motifs is 1. The van der Waals surface area contributed by atoms with E-state index in [9.17, 15) is 18.4 Å². The average molecular weight is 477 g/mol. The summed E-state index contributed by atoms with van der Waals surface area (Å²) in [4.78, 5) is 27.1. The molecule has 1 aliphatic heterocycles. The van der Waals surface area contributed by atoms with Gasteiger partial charge in [0.2, 0.25) is 0 Å². The predicted molar refractivity (Wildman–Crippen MR) is 125 cm³/mol. The molecule has 1 aliphatic rings. The van der Waals surface area contributed by atoms with Crippen LogP contribution in [-0.2, 0) is 4.74 Å². The van der Waals surface area contributed by atoms with Crippen LogP contribution in [0.5, 0.6) is 5.75 Å². The van der Waals surface area contributed by atoms with Crippen molar-refractivity contribution in [2.24, 2.45) is 5.92 Å². The number of carbonyl (C=O) groups excluding carboxylic acids is 2. The molecule has 3 N–H and O–H groups in total. The van der Waals surface area contributed by atoms with E-state index in [0.717, 1.165) is 18.2 Å². The fourth-order valence-electron chi connectivity index (χ4n) is 3.61. The summed E-state index contributed by atoms with van der Waals surface area (Å²) in [5, 5.41) is 8.22. The van der Waals surface area contributed by atoms with E-state index in [1.54, 1.807) is 31.2 Å². The Bertz CT molecular complexity index is 1040. The van der Waals surface area contributed by atoms with Gasteiger partial charge in [-0.3, -0.25) is 4.79 Å². The van der Waals surface area contributed by atoms with Gasteiger partial charge in [-0.05, 0) is 37.1 Å². The van der Waals surface area contributed by atoms with Crippen LogP contribution >= 0.6 is 0 Å². The van der Waals surface area contributed by atoms with Crippen LogP contribution in [0.2, 0.25) is 0 Å². The van der Waals surface area contributed by atoms with E-state index < -0.39 is 17.7 Å². The third kappa shape index (κ3) is 6.42. The summed E-state index contributed by atoms with van der Waals surface area (Å²) in [5.41, 5.74) is 0.359. The fourth-order valence-corrected chi connectivity index (χ4v) is 3.61. The zero-order valence-corrected chi connectivity index (χ0v) is 19.7.